The third-order valence-electron chi connectivity index (χ3n) is 6.52. The van der Waals surface area contributed by atoms with Gasteiger partial charge in [0.25, 0.3) is 11.8 Å². The van der Waals surface area contributed by atoms with Gasteiger partial charge in [0.15, 0.2) is 5.69 Å². The number of imidazole rings is 1. The van der Waals surface area contributed by atoms with Gasteiger partial charge in [0.2, 0.25) is 5.91 Å². The Hall–Kier alpha value is -3.85. The normalized spacial score (nSPS) is 16.8. The maximum atomic E-state index is 13.7. The first-order valence-electron chi connectivity index (χ1n) is 12.1. The van der Waals surface area contributed by atoms with Crippen molar-refractivity contribution in [3.8, 4) is 5.75 Å². The van der Waals surface area contributed by atoms with Crippen molar-refractivity contribution in [1.82, 2.24) is 25.1 Å². The molecule has 4 rings (SSSR count). The molecule has 0 bridgehead atoms. The number of hydrogen-bond donors (Lipinski definition) is 2. The number of aromatic nitrogens is 2. The molecule has 1 aliphatic heterocycles. The lowest BCUT2D eigenvalue weighted by molar-refractivity contribution is -0.133. The first-order valence-corrected chi connectivity index (χ1v) is 12.5. The third-order valence-corrected chi connectivity index (χ3v) is 6.89. The summed E-state index contributed by atoms with van der Waals surface area (Å²) in [7, 11) is 1.60. The van der Waals surface area contributed by atoms with Gasteiger partial charge < -0.3 is 24.8 Å². The molecule has 3 aromatic rings. The Bertz CT molecular complexity index is 1310. The summed E-state index contributed by atoms with van der Waals surface area (Å²) in [5.74, 6) is -0.441. The second kappa shape index (κ2) is 11.0. The molecule has 37 heavy (non-hydrogen) atoms. The first kappa shape index (κ1) is 26.2. The Morgan fingerprint density at radius 2 is 1.84 bits per heavy atom. The number of nitrogens with zero attached hydrogens (tertiary/aromatic N) is 3. The number of rotatable bonds is 9. The Kier molecular flexibility index (Phi) is 7.83. The Morgan fingerprint density at radius 1 is 1.11 bits per heavy atom. The number of fused-ring (bicyclic) bond motifs is 1. The van der Waals surface area contributed by atoms with Crippen molar-refractivity contribution in [2.24, 2.45) is 0 Å². The molecule has 2 N–H and O–H groups in total. The van der Waals surface area contributed by atoms with Gasteiger partial charge in [-0.25, -0.2) is 4.98 Å². The topological polar surface area (TPSA) is 106 Å². The number of amides is 3. The molecular formula is C27H30ClN5O4. The minimum Gasteiger partial charge on any atom is -0.497 e. The van der Waals surface area contributed by atoms with E-state index in [1.807, 2.05) is 49.4 Å². The van der Waals surface area contributed by atoms with Crippen LogP contribution in [0.15, 0.2) is 54.9 Å². The molecule has 1 unspecified atom stereocenters. The average molecular weight is 524 g/mol. The minimum absolute atomic E-state index is 0.0267. The van der Waals surface area contributed by atoms with E-state index in [4.69, 9.17) is 16.3 Å². The second-order valence-electron chi connectivity index (χ2n) is 9.11. The Morgan fingerprint density at radius 3 is 2.51 bits per heavy atom. The molecule has 10 heteroatoms. The van der Waals surface area contributed by atoms with E-state index in [1.165, 1.54) is 11.2 Å². The molecular weight excluding hydrogens is 494 g/mol. The molecule has 2 heterocycles. The predicted octanol–water partition coefficient (Wildman–Crippen LogP) is 3.42. The van der Waals surface area contributed by atoms with Gasteiger partial charge in [-0.1, -0.05) is 48.9 Å². The lowest BCUT2D eigenvalue weighted by Crippen LogP contribution is -2.64. The van der Waals surface area contributed by atoms with Crippen LogP contribution in [-0.2, 0) is 24.4 Å². The molecule has 194 valence electrons. The highest BCUT2D eigenvalue weighted by molar-refractivity contribution is 6.31. The summed E-state index contributed by atoms with van der Waals surface area (Å²) in [4.78, 5) is 45.9. The summed E-state index contributed by atoms with van der Waals surface area (Å²) >= 11 is 6.19. The van der Waals surface area contributed by atoms with Crippen LogP contribution >= 0.6 is 11.6 Å². The van der Waals surface area contributed by atoms with Crippen LogP contribution in [-0.4, -0.2) is 51.4 Å². The number of ether oxygens (including phenoxy) is 1. The van der Waals surface area contributed by atoms with E-state index in [1.54, 1.807) is 24.7 Å². The number of carbonyl (C=O) groups excluding carboxylic acids is 3. The summed E-state index contributed by atoms with van der Waals surface area (Å²) in [5.41, 5.74) is 0.705. The number of carbonyl (C=O) groups is 3. The average Bonchev–Trinajstić information content (AvgIpc) is 3.33. The van der Waals surface area contributed by atoms with Gasteiger partial charge in [0, 0.05) is 24.7 Å². The van der Waals surface area contributed by atoms with E-state index in [9.17, 15) is 14.4 Å². The zero-order valence-corrected chi connectivity index (χ0v) is 21.8. The van der Waals surface area contributed by atoms with Crippen LogP contribution in [0.2, 0.25) is 5.02 Å². The van der Waals surface area contributed by atoms with E-state index in [0.717, 1.165) is 16.9 Å². The van der Waals surface area contributed by atoms with E-state index in [-0.39, 0.29) is 30.4 Å². The Balaban J connectivity index is 1.53. The number of halogens is 1. The van der Waals surface area contributed by atoms with Crippen LogP contribution < -0.4 is 15.4 Å². The second-order valence-corrected chi connectivity index (χ2v) is 9.51. The highest BCUT2D eigenvalue weighted by Crippen LogP contribution is 2.29. The molecule has 0 saturated heterocycles. The number of benzene rings is 2. The van der Waals surface area contributed by atoms with Crippen molar-refractivity contribution in [3.05, 3.63) is 82.4 Å². The van der Waals surface area contributed by atoms with Crippen LogP contribution in [0, 0.1) is 0 Å². The van der Waals surface area contributed by atoms with Crippen molar-refractivity contribution in [2.45, 2.75) is 45.4 Å². The SMILES string of the molecule is CCCN1C(=O)c2c(C(=O)NCc3ccccc3Cl)ncn2CC1(C)C(=O)NCc1ccc(OC)cc1. The number of nitrogens with one attached hydrogen (secondary N) is 2. The van der Waals surface area contributed by atoms with E-state index in [2.05, 4.69) is 15.6 Å². The van der Waals surface area contributed by atoms with Crippen LogP contribution in [0.5, 0.6) is 5.75 Å². The summed E-state index contributed by atoms with van der Waals surface area (Å²) in [5, 5.41) is 6.29. The van der Waals surface area contributed by atoms with Gasteiger partial charge in [0.1, 0.15) is 17.0 Å². The summed E-state index contributed by atoms with van der Waals surface area (Å²) < 4.78 is 6.77. The quantitative estimate of drug-likeness (QED) is 0.447. The van der Waals surface area contributed by atoms with Gasteiger partial charge >= 0.3 is 0 Å². The summed E-state index contributed by atoms with van der Waals surface area (Å²) in [6.07, 6.45) is 2.09. The maximum absolute atomic E-state index is 13.7. The fourth-order valence-electron chi connectivity index (χ4n) is 4.44. The third kappa shape index (κ3) is 5.32. The molecule has 9 nitrogen and oxygen atoms in total. The fraction of sp³-hybridized carbons (Fsp3) is 0.333. The van der Waals surface area contributed by atoms with Gasteiger partial charge in [-0.3, -0.25) is 14.4 Å². The van der Waals surface area contributed by atoms with Crippen molar-refractivity contribution >= 4 is 29.3 Å². The van der Waals surface area contributed by atoms with E-state index in [0.29, 0.717) is 24.5 Å². The van der Waals surface area contributed by atoms with E-state index < -0.39 is 17.4 Å². The smallest absolute Gasteiger partial charge is 0.273 e. The monoisotopic (exact) mass is 523 g/mol. The Labute approximate surface area is 220 Å². The molecule has 1 aliphatic rings. The van der Waals surface area contributed by atoms with Gasteiger partial charge in [-0.2, -0.15) is 0 Å². The number of hydrogen-bond acceptors (Lipinski definition) is 5. The van der Waals surface area contributed by atoms with Crippen LogP contribution in [0.3, 0.4) is 0 Å². The van der Waals surface area contributed by atoms with Crippen molar-refractivity contribution in [1.29, 1.82) is 0 Å². The highest BCUT2D eigenvalue weighted by Gasteiger charge is 2.48. The molecule has 0 radical (unpaired) electrons. The lowest BCUT2D eigenvalue weighted by atomic mass is 9.93. The summed E-state index contributed by atoms with van der Waals surface area (Å²) in [6.45, 7) is 4.71. The van der Waals surface area contributed by atoms with Gasteiger partial charge in [-0.05, 0) is 42.7 Å². The molecule has 0 aliphatic carbocycles. The van der Waals surface area contributed by atoms with Crippen LogP contribution in [0.1, 0.15) is 52.4 Å². The fourth-order valence-corrected chi connectivity index (χ4v) is 4.65. The zero-order chi connectivity index (χ0) is 26.6. The molecule has 1 aromatic heterocycles. The molecule has 0 spiro atoms. The molecule has 0 saturated carbocycles. The molecule has 2 aromatic carbocycles. The van der Waals surface area contributed by atoms with E-state index >= 15 is 0 Å². The van der Waals surface area contributed by atoms with Crippen LogP contribution in [0.4, 0.5) is 0 Å². The summed E-state index contributed by atoms with van der Waals surface area (Å²) in [6, 6.07) is 14.6. The highest BCUT2D eigenvalue weighted by atomic mass is 35.5. The molecule has 1 atom stereocenters. The number of methoxy groups -OCH3 is 1. The predicted molar refractivity (Wildman–Crippen MR) is 139 cm³/mol. The largest absolute Gasteiger partial charge is 0.497 e. The minimum atomic E-state index is -1.15. The van der Waals surface area contributed by atoms with Gasteiger partial charge in [0.05, 0.1) is 20.0 Å². The standard InChI is InChI=1S/C27H30ClN5O4/c1-4-13-33-25(35)23-22(24(34)29-15-19-7-5-6-8-21(19)28)31-17-32(23)16-27(33,2)26(36)30-14-18-9-11-20(37-3)12-10-18/h5-12,17H,4,13-16H2,1-3H3,(H,29,34)(H,30,36). The first-order chi connectivity index (χ1) is 17.8. The zero-order valence-electron chi connectivity index (χ0n) is 21.1. The maximum Gasteiger partial charge on any atom is 0.273 e. The lowest BCUT2D eigenvalue weighted by Gasteiger charge is -2.43. The van der Waals surface area contributed by atoms with Gasteiger partial charge in [-0.15, -0.1) is 0 Å². The van der Waals surface area contributed by atoms with Crippen molar-refractivity contribution in [2.75, 3.05) is 13.7 Å². The molecule has 3 amide bonds. The van der Waals surface area contributed by atoms with Crippen LogP contribution in [0.25, 0.3) is 0 Å². The van der Waals surface area contributed by atoms with Crippen molar-refractivity contribution < 1.29 is 19.1 Å². The molecule has 0 fully saturated rings. The van der Waals surface area contributed by atoms with Crippen molar-refractivity contribution in [3.63, 3.8) is 0 Å².